The zero-order valence-corrected chi connectivity index (χ0v) is 46.3. The molecule has 9 aromatic carbocycles. The minimum Gasteiger partial charge on any atom is -0.458 e. The smallest absolute Gasteiger partial charge is 0.260 e. The Morgan fingerprint density at radius 1 is 0.364 bits per heavy atom. The number of hydrogen-bond acceptors (Lipinski definition) is 7. The third kappa shape index (κ3) is 6.79. The first-order valence-electron chi connectivity index (χ1n) is 27.3. The summed E-state index contributed by atoms with van der Waals surface area (Å²) in [5.74, 6) is 3.48. The molecule has 15 rings (SSSR count). The highest BCUT2D eigenvalue weighted by Gasteiger charge is 2.49. The molecule has 0 atom stereocenters. The van der Waals surface area contributed by atoms with Crippen LogP contribution >= 0.6 is 11.9 Å². The summed E-state index contributed by atoms with van der Waals surface area (Å²) in [4.78, 5) is 4.98. The molecule has 6 heterocycles. The van der Waals surface area contributed by atoms with Gasteiger partial charge in [0.15, 0.2) is 0 Å². The molecule has 0 fully saturated rings. The van der Waals surface area contributed by atoms with Crippen molar-refractivity contribution in [2.24, 2.45) is 0 Å². The van der Waals surface area contributed by atoms with E-state index < -0.39 is 0 Å². The molecular formula is C67H59B3N4O2S. The van der Waals surface area contributed by atoms with Crippen LogP contribution < -0.4 is 78.1 Å². The third-order valence-corrected chi connectivity index (χ3v) is 18.0. The van der Waals surface area contributed by atoms with Crippen LogP contribution in [-0.4, -0.2) is 26.4 Å². The van der Waals surface area contributed by atoms with E-state index in [1.807, 2.05) is 0 Å². The molecule has 1 N–H and O–H groups in total. The first kappa shape index (κ1) is 46.6. The van der Waals surface area contributed by atoms with Crippen molar-refractivity contribution in [2.75, 3.05) is 25.7 Å². The summed E-state index contributed by atoms with van der Waals surface area (Å²) in [6, 6.07) is 63.9. The number of ether oxygens (including phenoxy) is 2. The molecule has 0 saturated carbocycles. The van der Waals surface area contributed by atoms with Crippen molar-refractivity contribution in [3.05, 3.63) is 187 Å². The number of benzene rings is 9. The van der Waals surface area contributed by atoms with E-state index in [0.717, 1.165) is 67.8 Å². The maximum atomic E-state index is 7.37. The van der Waals surface area contributed by atoms with Gasteiger partial charge in [-0.05, 0) is 161 Å². The summed E-state index contributed by atoms with van der Waals surface area (Å²) in [6.07, 6.45) is 2.21. The van der Waals surface area contributed by atoms with Crippen LogP contribution in [0.25, 0.3) is 0 Å². The highest BCUT2D eigenvalue weighted by Crippen LogP contribution is 2.48. The molecule has 9 aromatic rings. The number of rotatable bonds is 3. The lowest BCUT2D eigenvalue weighted by molar-refractivity contribution is 0.459. The molecular weight excluding hydrogens is 957 g/mol. The van der Waals surface area contributed by atoms with Crippen LogP contribution in [0.2, 0.25) is 0 Å². The Kier molecular flexibility index (Phi) is 9.80. The Labute approximate surface area is 458 Å². The Hall–Kier alpha value is -7.68. The van der Waals surface area contributed by atoms with Crippen molar-refractivity contribution >= 4 is 138 Å². The number of nitrogens with zero attached hydrogens (tertiary/aromatic N) is 3. The molecule has 6 aliphatic heterocycles. The molecule has 0 spiro atoms. The van der Waals surface area contributed by atoms with E-state index in [9.17, 15) is 0 Å². The van der Waals surface area contributed by atoms with Gasteiger partial charge in [-0.25, -0.2) is 0 Å². The van der Waals surface area contributed by atoms with Gasteiger partial charge in [0.25, 0.3) is 20.1 Å². The van der Waals surface area contributed by atoms with Gasteiger partial charge in [-0.1, -0.05) is 147 Å². The fraction of sp³-hybridized carbons (Fsp3) is 0.194. The largest absolute Gasteiger partial charge is 0.458 e. The van der Waals surface area contributed by atoms with Crippen molar-refractivity contribution in [2.45, 2.75) is 78.6 Å². The van der Waals surface area contributed by atoms with Crippen molar-refractivity contribution < 1.29 is 9.47 Å². The first-order chi connectivity index (χ1) is 37.0. The van der Waals surface area contributed by atoms with E-state index >= 15 is 0 Å². The predicted octanol–water partition coefficient (Wildman–Crippen LogP) is 11.7. The molecule has 0 unspecified atom stereocenters. The minimum atomic E-state index is -0.174. The summed E-state index contributed by atoms with van der Waals surface area (Å²) in [7, 11) is 0. The number of anilines is 10. The maximum absolute atomic E-state index is 7.37. The maximum Gasteiger partial charge on any atom is 0.260 e. The number of fused-ring (bicyclic) bond motifs is 12. The van der Waals surface area contributed by atoms with Gasteiger partial charge in [0.1, 0.15) is 23.0 Å². The molecule has 77 heavy (non-hydrogen) atoms. The Bertz CT molecular complexity index is 4010. The van der Waals surface area contributed by atoms with Crippen molar-refractivity contribution in [3.63, 3.8) is 0 Å². The first-order valence-corrected chi connectivity index (χ1v) is 28.5. The molecule has 6 aliphatic rings. The van der Waals surface area contributed by atoms with Crippen LogP contribution in [0.4, 0.5) is 56.9 Å². The SMILES string of the molecule is CSN1c2cc3c(cc2B2c4ccccc4N(c4ccccc4)c4cc(C(C)(C)C)cc1c42)B1c2cc4c(cc2Oc2cc(C(C)(C)C)cc(c21)O3)Nc1cc(C(C)(C)C)cc2c1B4c1ccccc1N2c1ccccc1. The normalized spacial score (nSPS) is 14.8. The van der Waals surface area contributed by atoms with Gasteiger partial charge < -0.3 is 24.6 Å². The van der Waals surface area contributed by atoms with E-state index in [1.165, 1.54) is 77.9 Å². The highest BCUT2D eigenvalue weighted by atomic mass is 32.2. The average Bonchev–Trinajstić information content (AvgIpc) is 3.60. The standard InChI is InChI=1S/C67H59B3N4O2S/c1-65(2,3)39-29-51-62-55(30-39)72(42-21-13-11-14-22-42)52-27-19-17-25-44(52)68(62)46-35-48-58(37-50(46)71-51)75-60-33-41(67(7,8)9)34-61-64(60)70(48)49-36-47-54(38-59(49)76-61)74(77-10)57-32-40(66(4,5)6)31-56-63(57)69(47)45-26-18-20-28-53(45)73(56)43-23-15-12-16-24-43/h11-38,71H,1-10H3. The lowest BCUT2D eigenvalue weighted by Gasteiger charge is -2.45. The number of nitrogens with one attached hydrogen (secondary N) is 1. The van der Waals surface area contributed by atoms with E-state index in [4.69, 9.17) is 9.47 Å². The van der Waals surface area contributed by atoms with E-state index in [0.29, 0.717) is 0 Å². The van der Waals surface area contributed by atoms with Crippen LogP contribution in [0.5, 0.6) is 23.0 Å². The fourth-order valence-corrected chi connectivity index (χ4v) is 14.1. The van der Waals surface area contributed by atoms with Crippen LogP contribution in [0.3, 0.4) is 0 Å². The molecule has 0 amide bonds. The van der Waals surface area contributed by atoms with Crippen LogP contribution in [0.1, 0.15) is 79.0 Å². The second-order valence-corrected chi connectivity index (χ2v) is 25.7. The predicted molar refractivity (Wildman–Crippen MR) is 331 cm³/mol. The molecule has 6 nitrogen and oxygen atoms in total. The summed E-state index contributed by atoms with van der Waals surface area (Å²) in [5, 5.41) is 4.06. The van der Waals surface area contributed by atoms with Gasteiger partial charge in [0.05, 0.1) is 11.4 Å². The van der Waals surface area contributed by atoms with E-state index in [-0.39, 0.29) is 36.4 Å². The molecule has 0 aliphatic carbocycles. The summed E-state index contributed by atoms with van der Waals surface area (Å²) in [5.41, 5.74) is 26.3. The lowest BCUT2D eigenvalue weighted by atomic mass is 9.29. The lowest BCUT2D eigenvalue weighted by Crippen LogP contribution is -2.65. The van der Waals surface area contributed by atoms with Crippen molar-refractivity contribution in [3.8, 4) is 23.0 Å². The Morgan fingerprint density at radius 3 is 1.38 bits per heavy atom. The summed E-state index contributed by atoms with van der Waals surface area (Å²) < 4.78 is 17.2. The second-order valence-electron chi connectivity index (χ2n) is 25.0. The van der Waals surface area contributed by atoms with Gasteiger partial charge in [0.2, 0.25) is 0 Å². The molecule has 374 valence electrons. The molecule has 10 heteroatoms. The average molecular weight is 1020 g/mol. The highest BCUT2D eigenvalue weighted by molar-refractivity contribution is 8.00. The van der Waals surface area contributed by atoms with Crippen molar-refractivity contribution in [1.29, 1.82) is 0 Å². The van der Waals surface area contributed by atoms with E-state index in [2.05, 4.69) is 258 Å². The molecule has 0 radical (unpaired) electrons. The van der Waals surface area contributed by atoms with Gasteiger partial charge in [-0.3, -0.25) is 4.31 Å². The Balaban J connectivity index is 0.977. The minimum absolute atomic E-state index is 0.0342. The molecule has 0 bridgehead atoms. The molecule has 0 aromatic heterocycles. The monoisotopic (exact) mass is 1020 g/mol. The zero-order valence-electron chi connectivity index (χ0n) is 45.5. The topological polar surface area (TPSA) is 40.2 Å². The second kappa shape index (κ2) is 16.2. The Morgan fingerprint density at radius 2 is 0.818 bits per heavy atom. The third-order valence-electron chi connectivity index (χ3n) is 17.3. The summed E-state index contributed by atoms with van der Waals surface area (Å²) in [6.45, 7) is 20.5. The van der Waals surface area contributed by atoms with E-state index in [1.54, 1.807) is 11.9 Å². The van der Waals surface area contributed by atoms with Gasteiger partial charge in [0, 0.05) is 69.4 Å². The van der Waals surface area contributed by atoms with Gasteiger partial charge in [-0.15, -0.1) is 0 Å². The molecule has 0 saturated heterocycles. The number of hydrogen-bond donors (Lipinski definition) is 1. The zero-order chi connectivity index (χ0) is 52.6. The van der Waals surface area contributed by atoms with Crippen molar-refractivity contribution in [1.82, 2.24) is 0 Å². The summed E-state index contributed by atoms with van der Waals surface area (Å²) >= 11 is 1.77. The quantitative estimate of drug-likeness (QED) is 0.140. The van der Waals surface area contributed by atoms with Crippen LogP contribution in [-0.2, 0) is 16.2 Å². The van der Waals surface area contributed by atoms with Gasteiger partial charge in [-0.2, -0.15) is 0 Å². The fourth-order valence-electron chi connectivity index (χ4n) is 13.4. The van der Waals surface area contributed by atoms with Crippen LogP contribution in [0.15, 0.2) is 170 Å². The van der Waals surface area contributed by atoms with Crippen LogP contribution in [0, 0.1) is 0 Å². The van der Waals surface area contributed by atoms with Gasteiger partial charge >= 0.3 is 0 Å². The number of para-hydroxylation sites is 4.